The molecule has 1 unspecified atom stereocenters. The summed E-state index contributed by atoms with van der Waals surface area (Å²) in [4.78, 5) is 42.7. The molecule has 3 rings (SSSR count). The second kappa shape index (κ2) is 15.8. The van der Waals surface area contributed by atoms with E-state index in [9.17, 15) is 19.5 Å². The third-order valence-corrected chi connectivity index (χ3v) is 7.10. The Morgan fingerprint density at radius 1 is 1.11 bits per heavy atom. The largest absolute Gasteiger partial charge is 0.390 e. The van der Waals surface area contributed by atoms with E-state index in [-0.39, 0.29) is 49.6 Å². The summed E-state index contributed by atoms with van der Waals surface area (Å²) in [6.07, 6.45) is 3.69. The van der Waals surface area contributed by atoms with Crippen LogP contribution < -0.4 is 16.4 Å². The van der Waals surface area contributed by atoms with Crippen molar-refractivity contribution in [2.24, 2.45) is 11.7 Å². The second-order valence-electron chi connectivity index (χ2n) is 10.0. The Labute approximate surface area is 232 Å². The van der Waals surface area contributed by atoms with Gasteiger partial charge in [-0.1, -0.05) is 69.2 Å². The van der Waals surface area contributed by atoms with Crippen LogP contribution in [0.5, 0.6) is 0 Å². The number of carbonyl (C=O) groups is 3. The average Bonchev–Trinajstić information content (AvgIpc) is 3.46. The molecule has 3 atom stereocenters. The quantitative estimate of drug-likeness (QED) is 0.306. The first kappa shape index (κ1) is 31.7. The highest BCUT2D eigenvalue weighted by Gasteiger charge is 2.41. The molecular weight excluding hydrogens is 504 g/mol. The van der Waals surface area contributed by atoms with Crippen molar-refractivity contribution in [2.45, 2.75) is 77.0 Å². The molecule has 210 valence electrons. The van der Waals surface area contributed by atoms with Crippen molar-refractivity contribution in [3.63, 3.8) is 0 Å². The summed E-state index contributed by atoms with van der Waals surface area (Å²) in [6, 6.07) is 12.3. The molecule has 3 amide bonds. The number of halogens is 1. The van der Waals surface area contributed by atoms with Crippen LogP contribution in [-0.4, -0.2) is 65.5 Å². The van der Waals surface area contributed by atoms with Crippen LogP contribution in [0.2, 0.25) is 0 Å². The summed E-state index contributed by atoms with van der Waals surface area (Å²) >= 11 is 0. The van der Waals surface area contributed by atoms with Crippen LogP contribution in [0.3, 0.4) is 0 Å². The minimum Gasteiger partial charge on any atom is -0.390 e. The van der Waals surface area contributed by atoms with Gasteiger partial charge in [0.1, 0.15) is 6.04 Å². The highest BCUT2D eigenvalue weighted by molar-refractivity contribution is 6.03. The third-order valence-electron chi connectivity index (χ3n) is 7.10. The number of nitrogens with zero attached hydrogens (tertiary/aromatic N) is 1. The molecule has 9 heteroatoms. The Hall–Kier alpha value is -2.52. The Balaban J connectivity index is 0.00000507. The van der Waals surface area contributed by atoms with E-state index in [0.29, 0.717) is 25.8 Å². The number of nitrogens with one attached hydrogen (secondary N) is 2. The zero-order valence-corrected chi connectivity index (χ0v) is 23.3. The van der Waals surface area contributed by atoms with Gasteiger partial charge in [-0.25, -0.2) is 0 Å². The minimum absolute atomic E-state index is 0. The Bertz CT molecular complexity index is 1050. The first-order chi connectivity index (χ1) is 17.9. The Morgan fingerprint density at radius 2 is 1.79 bits per heavy atom. The van der Waals surface area contributed by atoms with Gasteiger partial charge in [-0.05, 0) is 48.6 Å². The average molecular weight is 547 g/mol. The van der Waals surface area contributed by atoms with Crippen LogP contribution in [0.1, 0.15) is 57.9 Å². The van der Waals surface area contributed by atoms with Crippen LogP contribution in [0.4, 0.5) is 0 Å². The zero-order valence-electron chi connectivity index (χ0n) is 22.5. The van der Waals surface area contributed by atoms with Crippen LogP contribution in [0, 0.1) is 5.92 Å². The maximum atomic E-state index is 14.0. The predicted molar refractivity (Wildman–Crippen MR) is 153 cm³/mol. The lowest BCUT2D eigenvalue weighted by Crippen LogP contribution is -2.59. The molecule has 2 aromatic rings. The smallest absolute Gasteiger partial charge is 0.247 e. The highest BCUT2D eigenvalue weighted by atomic mass is 35.5. The van der Waals surface area contributed by atoms with Gasteiger partial charge in [0.2, 0.25) is 17.7 Å². The number of nitrogens with two attached hydrogens (primary N) is 1. The van der Waals surface area contributed by atoms with Gasteiger partial charge in [-0.2, -0.15) is 0 Å². The topological polar surface area (TPSA) is 125 Å². The summed E-state index contributed by atoms with van der Waals surface area (Å²) in [7, 11) is 0. The molecule has 0 aliphatic carbocycles. The fraction of sp³-hybridized carbons (Fsp3) is 0.552. The van der Waals surface area contributed by atoms with E-state index in [1.54, 1.807) is 0 Å². The van der Waals surface area contributed by atoms with E-state index in [1.807, 2.05) is 56.3 Å². The number of rotatable bonds is 13. The number of aliphatic hydroxyl groups is 1. The van der Waals surface area contributed by atoms with E-state index in [0.717, 1.165) is 35.6 Å². The van der Waals surface area contributed by atoms with Crippen LogP contribution >= 0.6 is 12.4 Å². The number of hydrogen-bond donors (Lipinski definition) is 4. The number of amides is 3. The van der Waals surface area contributed by atoms with Gasteiger partial charge in [-0.15, -0.1) is 12.4 Å². The lowest BCUT2D eigenvalue weighted by molar-refractivity contribution is -0.155. The SMILES string of the molecule is CCCC(CCC)C(=O)N(C(=O)[C@@H]1CCCN1)[C@H](Cc1ccc2ccccc2c1)C(=O)NCC(O)CN.Cl. The molecule has 1 saturated heterocycles. The molecule has 1 heterocycles. The van der Waals surface area contributed by atoms with Gasteiger partial charge in [-0.3, -0.25) is 19.3 Å². The summed E-state index contributed by atoms with van der Waals surface area (Å²) in [5.74, 6) is -1.43. The van der Waals surface area contributed by atoms with Gasteiger partial charge < -0.3 is 21.5 Å². The zero-order chi connectivity index (χ0) is 26.8. The Morgan fingerprint density at radius 3 is 2.39 bits per heavy atom. The molecule has 0 bridgehead atoms. The van der Waals surface area contributed by atoms with Gasteiger partial charge in [0.05, 0.1) is 12.1 Å². The fourth-order valence-corrected chi connectivity index (χ4v) is 5.07. The summed E-state index contributed by atoms with van der Waals surface area (Å²) < 4.78 is 0. The van der Waals surface area contributed by atoms with Crippen LogP contribution in [0.25, 0.3) is 10.8 Å². The van der Waals surface area contributed by atoms with Gasteiger partial charge in [0.15, 0.2) is 0 Å². The number of imide groups is 1. The summed E-state index contributed by atoms with van der Waals surface area (Å²) in [5.41, 5.74) is 6.38. The van der Waals surface area contributed by atoms with Crippen molar-refractivity contribution in [1.82, 2.24) is 15.5 Å². The van der Waals surface area contributed by atoms with Gasteiger partial charge in [0, 0.05) is 25.4 Å². The highest BCUT2D eigenvalue weighted by Crippen LogP contribution is 2.24. The summed E-state index contributed by atoms with van der Waals surface area (Å²) in [6.45, 7) is 4.70. The molecule has 0 radical (unpaired) electrons. The maximum absolute atomic E-state index is 14.0. The number of hydrogen-bond acceptors (Lipinski definition) is 6. The molecule has 0 aromatic heterocycles. The second-order valence-corrected chi connectivity index (χ2v) is 10.0. The minimum atomic E-state index is -1.04. The van der Waals surface area contributed by atoms with Crippen molar-refractivity contribution in [3.05, 3.63) is 48.0 Å². The molecule has 8 nitrogen and oxygen atoms in total. The molecule has 0 saturated carbocycles. The van der Waals surface area contributed by atoms with E-state index < -0.39 is 24.1 Å². The Kier molecular flexibility index (Phi) is 13.2. The molecule has 5 N–H and O–H groups in total. The van der Waals surface area contributed by atoms with Crippen molar-refractivity contribution in [3.8, 4) is 0 Å². The van der Waals surface area contributed by atoms with Crippen LogP contribution in [0.15, 0.2) is 42.5 Å². The number of fused-ring (bicyclic) bond motifs is 1. The number of aliphatic hydroxyl groups excluding tert-OH is 1. The normalized spacial score (nSPS) is 16.6. The van der Waals surface area contributed by atoms with Crippen molar-refractivity contribution in [2.75, 3.05) is 19.6 Å². The third kappa shape index (κ3) is 8.24. The first-order valence-electron chi connectivity index (χ1n) is 13.6. The van der Waals surface area contributed by atoms with Gasteiger partial charge in [0.25, 0.3) is 0 Å². The molecule has 1 aliphatic rings. The number of benzene rings is 2. The van der Waals surface area contributed by atoms with Gasteiger partial charge >= 0.3 is 0 Å². The lowest BCUT2D eigenvalue weighted by atomic mass is 9.93. The van der Waals surface area contributed by atoms with E-state index >= 15 is 0 Å². The predicted octanol–water partition coefficient (Wildman–Crippen LogP) is 2.93. The molecule has 1 aliphatic heterocycles. The van der Waals surface area contributed by atoms with E-state index in [1.165, 1.54) is 4.90 Å². The van der Waals surface area contributed by atoms with Crippen LogP contribution in [-0.2, 0) is 20.8 Å². The standard InChI is InChI=1S/C29H42N4O4.ClH/c1-3-8-22(9-4-2)28(36)33(29(37)25-12-7-15-31-25)26(27(35)32-19-24(34)18-30)17-20-13-14-21-10-5-6-11-23(21)16-20;/h5-6,10-11,13-14,16,22,24-26,31,34H,3-4,7-9,12,15,17-19,30H2,1-2H3,(H,32,35);1H/t24?,25-,26+;/m0./s1. The number of carbonyl (C=O) groups excluding carboxylic acids is 3. The molecule has 38 heavy (non-hydrogen) atoms. The molecule has 2 aromatic carbocycles. The van der Waals surface area contributed by atoms with Crippen molar-refractivity contribution in [1.29, 1.82) is 0 Å². The monoisotopic (exact) mass is 546 g/mol. The first-order valence-corrected chi connectivity index (χ1v) is 13.6. The van der Waals surface area contributed by atoms with Crippen molar-refractivity contribution < 1.29 is 19.5 Å². The molecule has 1 fully saturated rings. The fourth-order valence-electron chi connectivity index (χ4n) is 5.07. The maximum Gasteiger partial charge on any atom is 0.247 e. The summed E-state index contributed by atoms with van der Waals surface area (Å²) in [5, 5.41) is 18.0. The van der Waals surface area contributed by atoms with E-state index in [2.05, 4.69) is 10.6 Å². The lowest BCUT2D eigenvalue weighted by Gasteiger charge is -2.34. The molecule has 0 spiro atoms. The van der Waals surface area contributed by atoms with Crippen molar-refractivity contribution >= 4 is 40.9 Å². The van der Waals surface area contributed by atoms with E-state index in [4.69, 9.17) is 5.73 Å². The molecular formula is C29H43ClN4O4.